The predicted octanol–water partition coefficient (Wildman–Crippen LogP) is -0.117. The van der Waals surface area contributed by atoms with E-state index in [0.717, 1.165) is 12.6 Å². The molecule has 4 heteroatoms. The van der Waals surface area contributed by atoms with Crippen molar-refractivity contribution in [3.8, 4) is 0 Å². The summed E-state index contributed by atoms with van der Waals surface area (Å²) >= 11 is 0. The standard InChI is InChI=1S/C7H14N2.CH2O2/c8-6-4-7-2-1-3-9(7)5-6;2-1-3/h6-7H,1-5,8H2;1H,(H,2,3). The Labute approximate surface area is 72.3 Å². The third kappa shape index (κ3) is 2.19. The Morgan fingerprint density at radius 3 is 2.83 bits per heavy atom. The number of nitrogens with two attached hydrogens (primary N) is 1. The monoisotopic (exact) mass is 172 g/mol. The molecule has 2 unspecified atom stereocenters. The van der Waals surface area contributed by atoms with Gasteiger partial charge in [0.25, 0.3) is 6.47 Å². The summed E-state index contributed by atoms with van der Waals surface area (Å²) < 4.78 is 0. The minimum Gasteiger partial charge on any atom is -0.483 e. The van der Waals surface area contributed by atoms with E-state index in [0.29, 0.717) is 6.04 Å². The molecule has 3 N–H and O–H groups in total. The van der Waals surface area contributed by atoms with Gasteiger partial charge in [-0.15, -0.1) is 0 Å². The number of rotatable bonds is 0. The molecule has 2 heterocycles. The quantitative estimate of drug-likeness (QED) is 0.500. The van der Waals surface area contributed by atoms with Crippen molar-refractivity contribution in [2.45, 2.75) is 31.3 Å². The van der Waals surface area contributed by atoms with Gasteiger partial charge in [0.2, 0.25) is 0 Å². The van der Waals surface area contributed by atoms with Crippen LogP contribution in [0.25, 0.3) is 0 Å². The lowest BCUT2D eigenvalue weighted by molar-refractivity contribution is -0.122. The third-order valence-corrected chi connectivity index (χ3v) is 2.54. The third-order valence-electron chi connectivity index (χ3n) is 2.54. The maximum absolute atomic E-state index is 8.36. The van der Waals surface area contributed by atoms with Crippen LogP contribution in [0.1, 0.15) is 19.3 Å². The van der Waals surface area contributed by atoms with Gasteiger partial charge in [-0.1, -0.05) is 0 Å². The first-order chi connectivity index (χ1) is 5.77. The van der Waals surface area contributed by atoms with Crippen LogP contribution in [0.15, 0.2) is 0 Å². The molecule has 0 spiro atoms. The summed E-state index contributed by atoms with van der Waals surface area (Å²) in [4.78, 5) is 10.9. The molecule has 0 amide bonds. The minimum atomic E-state index is -0.250. The highest BCUT2D eigenvalue weighted by atomic mass is 16.3. The normalized spacial score (nSPS) is 33.8. The van der Waals surface area contributed by atoms with Crippen molar-refractivity contribution >= 4 is 6.47 Å². The van der Waals surface area contributed by atoms with E-state index in [9.17, 15) is 0 Å². The zero-order valence-corrected chi connectivity index (χ0v) is 7.15. The molecular weight excluding hydrogens is 156 g/mol. The van der Waals surface area contributed by atoms with Crippen LogP contribution in [0.3, 0.4) is 0 Å². The molecule has 2 rings (SSSR count). The van der Waals surface area contributed by atoms with E-state index in [4.69, 9.17) is 15.6 Å². The maximum atomic E-state index is 8.36. The van der Waals surface area contributed by atoms with E-state index in [2.05, 4.69) is 4.90 Å². The van der Waals surface area contributed by atoms with Crippen LogP contribution in [0.2, 0.25) is 0 Å². The summed E-state index contributed by atoms with van der Waals surface area (Å²) in [5.74, 6) is 0. The van der Waals surface area contributed by atoms with Gasteiger partial charge in [0.1, 0.15) is 0 Å². The van der Waals surface area contributed by atoms with Gasteiger partial charge in [-0.25, -0.2) is 0 Å². The molecule has 0 saturated carbocycles. The Kier molecular flexibility index (Phi) is 3.49. The molecule has 0 aliphatic carbocycles. The van der Waals surface area contributed by atoms with E-state index < -0.39 is 0 Å². The number of fused-ring (bicyclic) bond motifs is 1. The molecule has 70 valence electrons. The Morgan fingerprint density at radius 2 is 2.25 bits per heavy atom. The largest absolute Gasteiger partial charge is 0.483 e. The summed E-state index contributed by atoms with van der Waals surface area (Å²) in [5, 5.41) is 6.89. The molecule has 12 heavy (non-hydrogen) atoms. The van der Waals surface area contributed by atoms with Crippen molar-refractivity contribution in [1.29, 1.82) is 0 Å². The number of carboxylic acid groups (broad SMARTS) is 1. The van der Waals surface area contributed by atoms with Crippen LogP contribution >= 0.6 is 0 Å². The summed E-state index contributed by atoms with van der Waals surface area (Å²) in [7, 11) is 0. The van der Waals surface area contributed by atoms with Crippen LogP contribution < -0.4 is 5.73 Å². The smallest absolute Gasteiger partial charge is 0.290 e. The van der Waals surface area contributed by atoms with Crippen molar-refractivity contribution in [3.63, 3.8) is 0 Å². The average Bonchev–Trinajstić information content (AvgIpc) is 2.47. The zero-order chi connectivity index (χ0) is 8.97. The summed E-state index contributed by atoms with van der Waals surface area (Å²) in [6, 6.07) is 1.34. The van der Waals surface area contributed by atoms with Crippen molar-refractivity contribution in [2.24, 2.45) is 5.73 Å². The van der Waals surface area contributed by atoms with Gasteiger partial charge in [-0.05, 0) is 25.8 Å². The first-order valence-corrected chi connectivity index (χ1v) is 4.35. The van der Waals surface area contributed by atoms with Gasteiger partial charge in [-0.2, -0.15) is 0 Å². The Hall–Kier alpha value is -0.610. The predicted molar refractivity (Wildman–Crippen MR) is 45.9 cm³/mol. The minimum absolute atomic E-state index is 0.250. The van der Waals surface area contributed by atoms with E-state index in [1.165, 1.54) is 25.8 Å². The van der Waals surface area contributed by atoms with Crippen molar-refractivity contribution in [1.82, 2.24) is 4.90 Å². The van der Waals surface area contributed by atoms with Crippen LogP contribution in [0.4, 0.5) is 0 Å². The molecule has 2 aliphatic rings. The van der Waals surface area contributed by atoms with Gasteiger partial charge >= 0.3 is 0 Å². The first kappa shape index (κ1) is 9.48. The maximum Gasteiger partial charge on any atom is 0.290 e. The topological polar surface area (TPSA) is 66.6 Å². The molecular formula is C8H16N2O2. The zero-order valence-electron chi connectivity index (χ0n) is 7.15. The molecule has 2 saturated heterocycles. The molecule has 2 fully saturated rings. The summed E-state index contributed by atoms with van der Waals surface area (Å²) in [6.07, 6.45) is 4.05. The second-order valence-corrected chi connectivity index (χ2v) is 3.39. The van der Waals surface area contributed by atoms with Gasteiger partial charge in [0.15, 0.2) is 0 Å². The molecule has 4 nitrogen and oxygen atoms in total. The summed E-state index contributed by atoms with van der Waals surface area (Å²) in [6.45, 7) is 2.21. The second kappa shape index (κ2) is 4.42. The lowest BCUT2D eigenvalue weighted by Gasteiger charge is -2.11. The number of carbonyl (C=O) groups is 1. The Balaban J connectivity index is 0.000000213. The van der Waals surface area contributed by atoms with Gasteiger partial charge < -0.3 is 10.8 Å². The van der Waals surface area contributed by atoms with E-state index in [1.54, 1.807) is 0 Å². The van der Waals surface area contributed by atoms with Gasteiger partial charge in [0, 0.05) is 18.6 Å². The molecule has 0 radical (unpaired) electrons. The lowest BCUT2D eigenvalue weighted by atomic mass is 10.1. The van der Waals surface area contributed by atoms with Gasteiger partial charge in [0.05, 0.1) is 0 Å². The first-order valence-electron chi connectivity index (χ1n) is 4.35. The highest BCUT2D eigenvalue weighted by Crippen LogP contribution is 2.26. The second-order valence-electron chi connectivity index (χ2n) is 3.39. The van der Waals surface area contributed by atoms with E-state index >= 15 is 0 Å². The van der Waals surface area contributed by atoms with E-state index in [-0.39, 0.29) is 6.47 Å². The van der Waals surface area contributed by atoms with Crippen molar-refractivity contribution in [2.75, 3.05) is 13.1 Å². The van der Waals surface area contributed by atoms with Gasteiger partial charge in [-0.3, -0.25) is 9.69 Å². The van der Waals surface area contributed by atoms with Crippen LogP contribution in [-0.4, -0.2) is 41.7 Å². The molecule has 2 atom stereocenters. The highest BCUT2D eigenvalue weighted by molar-refractivity contribution is 5.32. The Morgan fingerprint density at radius 1 is 1.58 bits per heavy atom. The fraction of sp³-hybridized carbons (Fsp3) is 0.875. The SMILES string of the molecule is NC1CC2CCCN2C1.O=CO. The van der Waals surface area contributed by atoms with Crippen LogP contribution in [-0.2, 0) is 4.79 Å². The highest BCUT2D eigenvalue weighted by Gasteiger charge is 2.32. The fourth-order valence-electron chi connectivity index (χ4n) is 2.13. The number of hydrogen-bond donors (Lipinski definition) is 2. The molecule has 0 aromatic rings. The average molecular weight is 172 g/mol. The molecule has 2 aliphatic heterocycles. The number of hydrogen-bond acceptors (Lipinski definition) is 3. The molecule has 0 bridgehead atoms. The summed E-state index contributed by atoms with van der Waals surface area (Å²) in [5.41, 5.74) is 5.78. The fourth-order valence-corrected chi connectivity index (χ4v) is 2.13. The Bertz CT molecular complexity index is 140. The molecule has 0 aromatic carbocycles. The van der Waals surface area contributed by atoms with E-state index in [1.807, 2.05) is 0 Å². The lowest BCUT2D eigenvalue weighted by Crippen LogP contribution is -2.26. The van der Waals surface area contributed by atoms with Crippen molar-refractivity contribution < 1.29 is 9.90 Å². The van der Waals surface area contributed by atoms with Crippen molar-refractivity contribution in [3.05, 3.63) is 0 Å². The van der Waals surface area contributed by atoms with Crippen LogP contribution in [0.5, 0.6) is 0 Å². The van der Waals surface area contributed by atoms with Crippen LogP contribution in [0, 0.1) is 0 Å². The number of nitrogens with zero attached hydrogens (tertiary/aromatic N) is 1. The molecule has 0 aromatic heterocycles.